The number of nitrogens with zero attached hydrogens (tertiary/aromatic N) is 1. The third-order valence-electron chi connectivity index (χ3n) is 3.51. The molecule has 3 aromatic rings. The topological polar surface area (TPSA) is 72.2 Å². The maximum absolute atomic E-state index is 12.2. The van der Waals surface area contributed by atoms with Crippen LogP contribution in [0.15, 0.2) is 49.6 Å². The van der Waals surface area contributed by atoms with Gasteiger partial charge in [-0.15, -0.1) is 11.3 Å². The lowest BCUT2D eigenvalue weighted by atomic mass is 10.2. The highest BCUT2D eigenvalue weighted by Gasteiger charge is 2.22. The fraction of sp³-hybridized carbons (Fsp3) is 0.278. The Morgan fingerprint density at radius 1 is 1.19 bits per heavy atom. The molecule has 0 bridgehead atoms. The second-order valence-electron chi connectivity index (χ2n) is 5.74. The number of hydrogen-bond donors (Lipinski definition) is 1. The largest absolute Gasteiger partial charge is 0.336 e. The van der Waals surface area contributed by atoms with E-state index in [4.69, 9.17) is 4.52 Å². The van der Waals surface area contributed by atoms with Crippen molar-refractivity contribution in [3.63, 3.8) is 0 Å². The average Bonchev–Trinajstić information content (AvgIpc) is 3.18. The van der Waals surface area contributed by atoms with Crippen LogP contribution < -0.4 is 4.72 Å². The maximum Gasteiger partial charge on any atom is 0.265 e. The summed E-state index contributed by atoms with van der Waals surface area (Å²) in [7, 11) is -3.63. The van der Waals surface area contributed by atoms with Gasteiger partial charge in [-0.3, -0.25) is 0 Å². The molecule has 0 fully saturated rings. The zero-order chi connectivity index (χ0) is 19.3. The standard InChI is InChI=1S/C10H11BrN2O3S2.C8H10/c1-3-7-8(4-5-17-7)18(14,15)13-10-9(11)6(2)12-16-10;1-7-4-3-5-8(2)6-7/h4-5,13H,3H2,1-2H3;3-6H,1-2H3. The van der Waals surface area contributed by atoms with Gasteiger partial charge in [0.05, 0.1) is 5.69 Å². The van der Waals surface area contributed by atoms with Gasteiger partial charge in [-0.25, -0.2) is 13.1 Å². The Labute approximate surface area is 166 Å². The normalized spacial score (nSPS) is 11.0. The molecule has 0 saturated heterocycles. The Morgan fingerprint density at radius 3 is 2.31 bits per heavy atom. The molecule has 5 nitrogen and oxygen atoms in total. The number of sulfonamides is 1. The molecule has 8 heteroatoms. The summed E-state index contributed by atoms with van der Waals surface area (Å²) in [5.41, 5.74) is 3.27. The number of aromatic nitrogens is 1. The Bertz CT molecular complexity index is 961. The number of aryl methyl sites for hydroxylation is 4. The summed E-state index contributed by atoms with van der Waals surface area (Å²) in [6.45, 7) is 7.84. The van der Waals surface area contributed by atoms with Crippen LogP contribution in [0.25, 0.3) is 0 Å². The number of thiophene rings is 1. The minimum Gasteiger partial charge on any atom is -0.336 e. The van der Waals surface area contributed by atoms with E-state index in [1.165, 1.54) is 22.5 Å². The van der Waals surface area contributed by atoms with E-state index in [-0.39, 0.29) is 10.8 Å². The van der Waals surface area contributed by atoms with E-state index in [0.717, 1.165) is 4.88 Å². The van der Waals surface area contributed by atoms with Gasteiger partial charge in [-0.1, -0.05) is 47.5 Å². The summed E-state index contributed by atoms with van der Waals surface area (Å²) < 4.78 is 32.2. The van der Waals surface area contributed by atoms with Gasteiger partial charge >= 0.3 is 0 Å². The third kappa shape index (κ3) is 5.18. The van der Waals surface area contributed by atoms with Crippen molar-refractivity contribution in [2.24, 2.45) is 0 Å². The molecule has 2 aromatic heterocycles. The molecule has 2 heterocycles. The summed E-state index contributed by atoms with van der Waals surface area (Å²) in [6.07, 6.45) is 0.671. The molecule has 0 aliphatic carbocycles. The van der Waals surface area contributed by atoms with Gasteiger partial charge in [0.15, 0.2) is 0 Å². The summed E-state index contributed by atoms with van der Waals surface area (Å²) in [4.78, 5) is 1.10. The molecule has 0 spiro atoms. The number of hydrogen-bond acceptors (Lipinski definition) is 5. The predicted octanol–water partition coefficient (Wildman–Crippen LogP) is 5.47. The van der Waals surface area contributed by atoms with Gasteiger partial charge in [0.1, 0.15) is 9.37 Å². The molecule has 0 radical (unpaired) electrons. The van der Waals surface area contributed by atoms with Crippen molar-refractivity contribution in [1.29, 1.82) is 0 Å². The maximum atomic E-state index is 12.2. The molecular weight excluding hydrogens is 436 g/mol. The smallest absolute Gasteiger partial charge is 0.265 e. The second-order valence-corrected chi connectivity index (χ2v) is 9.18. The first-order valence-electron chi connectivity index (χ1n) is 7.98. The molecule has 0 aliphatic heterocycles. The second kappa shape index (κ2) is 8.83. The van der Waals surface area contributed by atoms with E-state index in [0.29, 0.717) is 16.6 Å². The third-order valence-corrected chi connectivity index (χ3v) is 7.05. The van der Waals surface area contributed by atoms with Crippen molar-refractivity contribution >= 4 is 43.2 Å². The first-order chi connectivity index (χ1) is 12.2. The lowest BCUT2D eigenvalue weighted by molar-refractivity contribution is 0.430. The zero-order valence-corrected chi connectivity index (χ0v) is 18.3. The van der Waals surface area contributed by atoms with Crippen LogP contribution in [0.4, 0.5) is 5.88 Å². The van der Waals surface area contributed by atoms with Crippen molar-refractivity contribution in [2.75, 3.05) is 4.72 Å². The summed E-state index contributed by atoms with van der Waals surface area (Å²) >= 11 is 4.64. The van der Waals surface area contributed by atoms with Crippen molar-refractivity contribution in [1.82, 2.24) is 5.16 Å². The lowest BCUT2D eigenvalue weighted by Gasteiger charge is -2.05. The predicted molar refractivity (Wildman–Crippen MR) is 109 cm³/mol. The van der Waals surface area contributed by atoms with Crippen LogP contribution in [-0.4, -0.2) is 13.6 Å². The highest BCUT2D eigenvalue weighted by Crippen LogP contribution is 2.30. The van der Waals surface area contributed by atoms with Crippen LogP contribution in [0.2, 0.25) is 0 Å². The molecule has 140 valence electrons. The number of nitrogens with one attached hydrogen (secondary N) is 1. The highest BCUT2D eigenvalue weighted by molar-refractivity contribution is 9.10. The minimum absolute atomic E-state index is 0.0979. The van der Waals surface area contributed by atoms with Crippen LogP contribution in [-0.2, 0) is 16.4 Å². The summed E-state index contributed by atoms with van der Waals surface area (Å²) in [6, 6.07) is 10.0. The fourth-order valence-electron chi connectivity index (χ4n) is 2.23. The highest BCUT2D eigenvalue weighted by atomic mass is 79.9. The fourth-order valence-corrected chi connectivity index (χ4v) is 5.07. The monoisotopic (exact) mass is 456 g/mol. The summed E-state index contributed by atoms with van der Waals surface area (Å²) in [5, 5.41) is 5.44. The van der Waals surface area contributed by atoms with Crippen molar-refractivity contribution < 1.29 is 12.9 Å². The van der Waals surface area contributed by atoms with E-state index >= 15 is 0 Å². The molecule has 1 aromatic carbocycles. The minimum atomic E-state index is -3.63. The van der Waals surface area contributed by atoms with Crippen LogP contribution in [0.1, 0.15) is 28.6 Å². The number of rotatable bonds is 4. The Hall–Kier alpha value is -1.64. The molecular formula is C18H21BrN2O3S2. The number of benzene rings is 1. The first-order valence-corrected chi connectivity index (χ1v) is 11.1. The van der Waals surface area contributed by atoms with Gasteiger partial charge in [-0.2, -0.15) is 0 Å². The Balaban J connectivity index is 0.000000254. The number of halogens is 1. The SMILES string of the molecule is CCc1sccc1S(=O)(=O)Nc1onc(C)c1Br.Cc1cccc(C)c1. The lowest BCUT2D eigenvalue weighted by Crippen LogP contribution is -2.13. The van der Waals surface area contributed by atoms with Gasteiger partial charge in [-0.05, 0) is 54.6 Å². The van der Waals surface area contributed by atoms with Gasteiger partial charge in [0.25, 0.3) is 15.9 Å². The van der Waals surface area contributed by atoms with Gasteiger partial charge in [0, 0.05) is 4.88 Å². The van der Waals surface area contributed by atoms with Gasteiger partial charge in [0.2, 0.25) is 0 Å². The summed E-state index contributed by atoms with van der Waals surface area (Å²) in [5.74, 6) is 0.0979. The molecule has 3 rings (SSSR count). The molecule has 0 amide bonds. The van der Waals surface area contributed by atoms with Crippen molar-refractivity contribution in [3.05, 3.63) is 61.9 Å². The van der Waals surface area contributed by atoms with Crippen molar-refractivity contribution in [2.45, 2.75) is 39.0 Å². The molecule has 0 saturated carbocycles. The molecule has 0 atom stereocenters. The van der Waals surface area contributed by atoms with Crippen LogP contribution in [0, 0.1) is 20.8 Å². The first kappa shape index (κ1) is 20.7. The Kier molecular flexibility index (Phi) is 7.02. The van der Waals surface area contributed by atoms with E-state index in [1.807, 2.05) is 6.92 Å². The van der Waals surface area contributed by atoms with E-state index in [1.54, 1.807) is 18.4 Å². The Morgan fingerprint density at radius 2 is 1.85 bits per heavy atom. The quantitative estimate of drug-likeness (QED) is 0.564. The molecule has 26 heavy (non-hydrogen) atoms. The van der Waals surface area contributed by atoms with Crippen LogP contribution in [0.5, 0.6) is 0 Å². The molecule has 0 unspecified atom stereocenters. The molecule has 1 N–H and O–H groups in total. The van der Waals surface area contributed by atoms with Crippen LogP contribution in [0.3, 0.4) is 0 Å². The van der Waals surface area contributed by atoms with Crippen LogP contribution >= 0.6 is 27.3 Å². The van der Waals surface area contributed by atoms with Gasteiger partial charge < -0.3 is 4.52 Å². The van der Waals surface area contributed by atoms with Crippen molar-refractivity contribution in [3.8, 4) is 0 Å². The number of anilines is 1. The zero-order valence-electron chi connectivity index (χ0n) is 15.0. The molecule has 0 aliphatic rings. The van der Waals surface area contributed by atoms with E-state index in [9.17, 15) is 8.42 Å². The van der Waals surface area contributed by atoms with E-state index < -0.39 is 10.0 Å². The van der Waals surface area contributed by atoms with E-state index in [2.05, 4.69) is 63.9 Å². The average molecular weight is 457 g/mol.